The highest BCUT2D eigenvalue weighted by Crippen LogP contribution is 2.26. The van der Waals surface area contributed by atoms with Crippen molar-refractivity contribution in [2.24, 2.45) is 15.7 Å². The molecule has 1 unspecified atom stereocenters. The Morgan fingerprint density at radius 2 is 1.93 bits per heavy atom. The van der Waals surface area contributed by atoms with Crippen LogP contribution < -0.4 is 16.0 Å². The maximum absolute atomic E-state index is 6.16. The Labute approximate surface area is 169 Å². The van der Waals surface area contributed by atoms with Crippen LogP contribution in [0.25, 0.3) is 0 Å². The van der Waals surface area contributed by atoms with Gasteiger partial charge >= 0.3 is 0 Å². The third kappa shape index (κ3) is 4.05. The van der Waals surface area contributed by atoms with Gasteiger partial charge in [-0.1, -0.05) is 29.8 Å². The number of nitrogens with zero attached hydrogens (tertiary/aromatic N) is 4. The quantitative estimate of drug-likeness (QED) is 0.831. The van der Waals surface area contributed by atoms with E-state index in [-0.39, 0.29) is 5.96 Å². The molecule has 1 atom stereocenters. The third-order valence-corrected chi connectivity index (χ3v) is 4.86. The number of ether oxygens (including phenoxy) is 1. The summed E-state index contributed by atoms with van der Waals surface area (Å²) in [4.78, 5) is 13.4. The van der Waals surface area contributed by atoms with E-state index < -0.39 is 6.29 Å². The van der Waals surface area contributed by atoms with Crippen LogP contribution in [-0.2, 0) is 4.74 Å². The van der Waals surface area contributed by atoms with Crippen LogP contribution in [0.3, 0.4) is 0 Å². The predicted octanol–water partition coefficient (Wildman–Crippen LogP) is 2.87. The van der Waals surface area contributed by atoms with Gasteiger partial charge in [-0.3, -0.25) is 4.90 Å². The van der Waals surface area contributed by atoms with Crippen LogP contribution in [0.4, 0.5) is 11.4 Å². The molecule has 1 fully saturated rings. The predicted molar refractivity (Wildman–Crippen MR) is 114 cm³/mol. The molecule has 146 valence electrons. The fraction of sp³-hybridized carbons (Fsp3) is 0.300. The second-order valence-corrected chi connectivity index (χ2v) is 7.17. The lowest BCUT2D eigenvalue weighted by Crippen LogP contribution is -2.57. The molecule has 0 amide bonds. The minimum absolute atomic E-state index is 0.241. The van der Waals surface area contributed by atoms with Crippen LogP contribution in [0.15, 0.2) is 58.5 Å². The summed E-state index contributed by atoms with van der Waals surface area (Å²) >= 11 is 6.16. The summed E-state index contributed by atoms with van der Waals surface area (Å²) < 4.78 is 5.51. The van der Waals surface area contributed by atoms with E-state index in [4.69, 9.17) is 22.1 Å². The average Bonchev–Trinajstić information content (AvgIpc) is 2.68. The van der Waals surface area contributed by atoms with Gasteiger partial charge in [-0.15, -0.1) is 0 Å². The largest absolute Gasteiger partial charge is 0.378 e. The summed E-state index contributed by atoms with van der Waals surface area (Å²) in [5, 5.41) is 4.08. The molecule has 2 aliphatic rings. The van der Waals surface area contributed by atoms with Crippen molar-refractivity contribution in [1.82, 2.24) is 4.90 Å². The van der Waals surface area contributed by atoms with Crippen molar-refractivity contribution in [3.8, 4) is 0 Å². The van der Waals surface area contributed by atoms with Crippen molar-refractivity contribution in [3.63, 3.8) is 0 Å². The number of aliphatic imine (C=N–C) groups is 2. The molecule has 2 heterocycles. The summed E-state index contributed by atoms with van der Waals surface area (Å²) in [5.74, 6) is 1.01. The van der Waals surface area contributed by atoms with Crippen molar-refractivity contribution < 1.29 is 4.74 Å². The minimum Gasteiger partial charge on any atom is -0.378 e. The van der Waals surface area contributed by atoms with Gasteiger partial charge in [-0.2, -0.15) is 4.99 Å². The number of halogens is 1. The third-order valence-electron chi connectivity index (χ3n) is 4.62. The molecule has 7 nitrogen and oxygen atoms in total. The number of hydrogen-bond acceptors (Lipinski definition) is 7. The first-order valence-electron chi connectivity index (χ1n) is 9.23. The van der Waals surface area contributed by atoms with Crippen LogP contribution in [0.1, 0.15) is 5.56 Å². The lowest BCUT2D eigenvalue weighted by atomic mass is 10.2. The van der Waals surface area contributed by atoms with E-state index in [1.54, 1.807) is 0 Å². The minimum atomic E-state index is -0.449. The fourth-order valence-electron chi connectivity index (χ4n) is 3.32. The molecule has 0 aromatic heterocycles. The van der Waals surface area contributed by atoms with E-state index in [9.17, 15) is 0 Å². The highest BCUT2D eigenvalue weighted by atomic mass is 35.5. The molecule has 4 rings (SSSR count). The van der Waals surface area contributed by atoms with Crippen LogP contribution in [0, 0.1) is 6.92 Å². The van der Waals surface area contributed by atoms with Crippen molar-refractivity contribution in [3.05, 3.63) is 59.1 Å². The molecular weight excluding hydrogens is 376 g/mol. The van der Waals surface area contributed by atoms with E-state index in [1.165, 1.54) is 0 Å². The Morgan fingerprint density at radius 1 is 1.14 bits per heavy atom. The number of anilines is 2. The molecule has 2 aromatic rings. The zero-order valence-corrected chi connectivity index (χ0v) is 16.4. The van der Waals surface area contributed by atoms with Crippen molar-refractivity contribution >= 4 is 34.9 Å². The Bertz CT molecular complexity index is 909. The van der Waals surface area contributed by atoms with Crippen LogP contribution in [0.5, 0.6) is 0 Å². The number of nitrogens with two attached hydrogens (primary N) is 1. The Morgan fingerprint density at radius 3 is 2.68 bits per heavy atom. The van der Waals surface area contributed by atoms with Gasteiger partial charge < -0.3 is 20.7 Å². The molecule has 28 heavy (non-hydrogen) atoms. The molecule has 0 spiro atoms. The number of hydrogen-bond donors (Lipinski definition) is 2. The van der Waals surface area contributed by atoms with Crippen molar-refractivity contribution in [2.45, 2.75) is 13.2 Å². The number of guanidine groups is 2. The molecule has 0 radical (unpaired) electrons. The molecule has 2 aliphatic heterocycles. The van der Waals surface area contributed by atoms with Gasteiger partial charge in [0.25, 0.3) is 0 Å². The van der Waals surface area contributed by atoms with E-state index in [0.29, 0.717) is 18.2 Å². The van der Waals surface area contributed by atoms with E-state index in [0.717, 1.165) is 36.0 Å². The van der Waals surface area contributed by atoms with Gasteiger partial charge in [0.2, 0.25) is 18.2 Å². The van der Waals surface area contributed by atoms with Gasteiger partial charge in [0.1, 0.15) is 0 Å². The first-order chi connectivity index (χ1) is 13.6. The molecule has 3 N–H and O–H groups in total. The van der Waals surface area contributed by atoms with Crippen LogP contribution in [0.2, 0.25) is 5.02 Å². The summed E-state index contributed by atoms with van der Waals surface area (Å²) in [5.41, 5.74) is 9.09. The van der Waals surface area contributed by atoms with Gasteiger partial charge in [0.05, 0.1) is 13.2 Å². The maximum Gasteiger partial charge on any atom is 0.222 e. The maximum atomic E-state index is 6.16. The second-order valence-electron chi connectivity index (χ2n) is 6.74. The summed E-state index contributed by atoms with van der Waals surface area (Å²) in [6.07, 6.45) is -0.449. The monoisotopic (exact) mass is 398 g/mol. The lowest BCUT2D eigenvalue weighted by Gasteiger charge is -2.41. The first-order valence-corrected chi connectivity index (χ1v) is 9.60. The molecular formula is C20H23ClN6O. The summed E-state index contributed by atoms with van der Waals surface area (Å²) in [6.45, 7) is 4.88. The molecule has 8 heteroatoms. The highest BCUT2D eigenvalue weighted by molar-refractivity contribution is 6.30. The molecule has 1 saturated heterocycles. The Balaban J connectivity index is 1.73. The summed E-state index contributed by atoms with van der Waals surface area (Å²) in [6, 6.07) is 15.8. The zero-order chi connectivity index (χ0) is 19.5. The molecule has 0 saturated carbocycles. The Hall–Kier alpha value is -2.77. The van der Waals surface area contributed by atoms with Gasteiger partial charge in [-0.25, -0.2) is 4.99 Å². The number of rotatable bonds is 3. The van der Waals surface area contributed by atoms with Gasteiger partial charge in [0, 0.05) is 29.5 Å². The zero-order valence-electron chi connectivity index (χ0n) is 15.7. The number of aryl methyl sites for hydroxylation is 1. The second kappa shape index (κ2) is 8.08. The van der Waals surface area contributed by atoms with E-state index in [2.05, 4.69) is 44.2 Å². The topological polar surface area (TPSA) is 78.5 Å². The van der Waals surface area contributed by atoms with Crippen molar-refractivity contribution in [2.75, 3.05) is 36.5 Å². The summed E-state index contributed by atoms with van der Waals surface area (Å²) in [7, 11) is 0. The fourth-order valence-corrected chi connectivity index (χ4v) is 3.51. The van der Waals surface area contributed by atoms with E-state index >= 15 is 0 Å². The number of nitrogens with one attached hydrogen (secondary N) is 1. The SMILES string of the molecule is Cc1cccc(N2C(N3CCOCC3)=NC(N)=NC2Nc2cccc(Cl)c2)c1. The number of morpholine rings is 1. The first kappa shape index (κ1) is 18.6. The molecule has 0 aliphatic carbocycles. The Kier molecular flexibility index (Phi) is 5.36. The molecule has 2 aromatic carbocycles. The average molecular weight is 399 g/mol. The standard InChI is InChI=1S/C20H23ClN6O/c1-14-4-2-7-17(12-14)27-19(23-16-6-3-5-15(21)13-16)24-18(22)25-20(27)26-8-10-28-11-9-26/h2-7,12-13,19,23H,8-11H2,1H3,(H2,22,24). The molecule has 0 bridgehead atoms. The van der Waals surface area contributed by atoms with E-state index in [1.807, 2.05) is 36.4 Å². The number of benzene rings is 2. The highest BCUT2D eigenvalue weighted by Gasteiger charge is 2.32. The van der Waals surface area contributed by atoms with Gasteiger partial charge in [0.15, 0.2) is 0 Å². The van der Waals surface area contributed by atoms with Crippen molar-refractivity contribution in [1.29, 1.82) is 0 Å². The van der Waals surface area contributed by atoms with Crippen LogP contribution >= 0.6 is 11.6 Å². The lowest BCUT2D eigenvalue weighted by molar-refractivity contribution is 0.0671. The van der Waals surface area contributed by atoms with Gasteiger partial charge in [-0.05, 0) is 42.8 Å². The smallest absolute Gasteiger partial charge is 0.222 e. The van der Waals surface area contributed by atoms with Crippen LogP contribution in [-0.4, -0.2) is 49.4 Å². The normalized spacial score (nSPS) is 19.9.